The topological polar surface area (TPSA) is 52.9 Å². The lowest BCUT2D eigenvalue weighted by molar-refractivity contribution is -0.137. The van der Waals surface area contributed by atoms with Gasteiger partial charge in [-0.2, -0.15) is 18.4 Å². The molecule has 1 atom stereocenters. The van der Waals surface area contributed by atoms with Gasteiger partial charge in [0.15, 0.2) is 0 Å². The van der Waals surface area contributed by atoms with Crippen molar-refractivity contribution >= 4 is 23.4 Å². The van der Waals surface area contributed by atoms with Crippen LogP contribution in [0.25, 0.3) is 0 Å². The van der Waals surface area contributed by atoms with Crippen LogP contribution in [0.4, 0.5) is 18.9 Å². The van der Waals surface area contributed by atoms with Gasteiger partial charge >= 0.3 is 6.18 Å². The van der Waals surface area contributed by atoms with Gasteiger partial charge in [0.25, 0.3) is 0 Å². The van der Waals surface area contributed by atoms with E-state index < -0.39 is 17.3 Å². The molecular formula is C13H11F3N2OS. The van der Waals surface area contributed by atoms with E-state index in [4.69, 9.17) is 5.26 Å². The van der Waals surface area contributed by atoms with E-state index in [9.17, 15) is 18.0 Å². The predicted molar refractivity (Wildman–Crippen MR) is 70.3 cm³/mol. The van der Waals surface area contributed by atoms with Gasteiger partial charge in [-0.15, -0.1) is 11.8 Å². The van der Waals surface area contributed by atoms with E-state index in [1.807, 2.05) is 0 Å². The summed E-state index contributed by atoms with van der Waals surface area (Å²) in [4.78, 5) is 11.9. The molecule has 1 saturated heterocycles. The molecule has 0 saturated carbocycles. The van der Waals surface area contributed by atoms with Gasteiger partial charge in [0, 0.05) is 5.69 Å². The highest BCUT2D eigenvalue weighted by Crippen LogP contribution is 2.34. The van der Waals surface area contributed by atoms with Gasteiger partial charge in [-0.3, -0.25) is 4.79 Å². The largest absolute Gasteiger partial charge is 0.417 e. The molecule has 1 fully saturated rings. The van der Waals surface area contributed by atoms with Gasteiger partial charge in [-0.05, 0) is 36.8 Å². The van der Waals surface area contributed by atoms with Gasteiger partial charge in [-0.1, -0.05) is 0 Å². The Kier molecular flexibility index (Phi) is 4.23. The number of nitriles is 1. The summed E-state index contributed by atoms with van der Waals surface area (Å²) < 4.78 is 38.4. The minimum atomic E-state index is -4.62. The van der Waals surface area contributed by atoms with Gasteiger partial charge in [0.2, 0.25) is 5.91 Å². The first-order chi connectivity index (χ1) is 9.41. The average molecular weight is 300 g/mol. The summed E-state index contributed by atoms with van der Waals surface area (Å²) in [5.74, 6) is 0.601. The molecule has 0 radical (unpaired) electrons. The van der Waals surface area contributed by atoms with Crippen LogP contribution in [0.1, 0.15) is 24.0 Å². The van der Waals surface area contributed by atoms with Gasteiger partial charge < -0.3 is 5.32 Å². The maximum atomic E-state index is 12.8. The molecule has 1 amide bonds. The van der Waals surface area contributed by atoms with Crippen molar-refractivity contribution in [1.82, 2.24) is 0 Å². The molecule has 1 aromatic rings. The zero-order valence-electron chi connectivity index (χ0n) is 10.3. The zero-order valence-corrected chi connectivity index (χ0v) is 11.1. The normalized spacial score (nSPS) is 18.6. The predicted octanol–water partition coefficient (Wildman–Crippen LogP) is 3.41. The molecule has 106 valence electrons. The second-order valence-corrected chi connectivity index (χ2v) is 5.67. The average Bonchev–Trinajstić information content (AvgIpc) is 2.91. The number of hydrogen-bond acceptors (Lipinski definition) is 3. The van der Waals surface area contributed by atoms with Crippen LogP contribution in [-0.4, -0.2) is 16.9 Å². The number of amides is 1. The summed E-state index contributed by atoms with van der Waals surface area (Å²) in [6.45, 7) is 0. The van der Waals surface area contributed by atoms with Crippen molar-refractivity contribution in [2.24, 2.45) is 0 Å². The summed E-state index contributed by atoms with van der Waals surface area (Å²) in [5, 5.41) is 11.0. The Morgan fingerprint density at radius 2 is 2.20 bits per heavy atom. The summed E-state index contributed by atoms with van der Waals surface area (Å²) in [6.07, 6.45) is -2.95. The Hall–Kier alpha value is -1.68. The molecule has 0 aromatic heterocycles. The maximum absolute atomic E-state index is 12.8. The van der Waals surface area contributed by atoms with Crippen LogP contribution in [0.15, 0.2) is 18.2 Å². The first-order valence-electron chi connectivity index (χ1n) is 5.95. The monoisotopic (exact) mass is 300 g/mol. The fourth-order valence-corrected chi connectivity index (χ4v) is 3.12. The van der Waals surface area contributed by atoms with Crippen LogP contribution in [0.5, 0.6) is 0 Å². The first-order valence-corrected chi connectivity index (χ1v) is 7.00. The Morgan fingerprint density at radius 1 is 1.45 bits per heavy atom. The SMILES string of the molecule is N#Cc1ccc(NC(=O)C2CCCS2)cc1C(F)(F)F. The van der Waals surface area contributed by atoms with Crippen LogP contribution in [0, 0.1) is 11.3 Å². The van der Waals surface area contributed by atoms with E-state index in [1.165, 1.54) is 23.9 Å². The van der Waals surface area contributed by atoms with Crippen molar-refractivity contribution in [2.75, 3.05) is 11.1 Å². The van der Waals surface area contributed by atoms with Crippen LogP contribution < -0.4 is 5.32 Å². The van der Waals surface area contributed by atoms with Crippen molar-refractivity contribution in [3.05, 3.63) is 29.3 Å². The Bertz CT molecular complexity index is 560. The Morgan fingerprint density at radius 3 is 2.75 bits per heavy atom. The number of carbonyl (C=O) groups is 1. The molecule has 1 aromatic carbocycles. The lowest BCUT2D eigenvalue weighted by Gasteiger charge is -2.13. The van der Waals surface area contributed by atoms with Crippen LogP contribution in [0.3, 0.4) is 0 Å². The highest BCUT2D eigenvalue weighted by molar-refractivity contribution is 8.00. The number of nitrogens with one attached hydrogen (secondary N) is 1. The van der Waals surface area contributed by atoms with E-state index in [1.54, 1.807) is 0 Å². The standard InChI is InChI=1S/C13H11F3N2OS/c14-13(15,16)10-6-9(4-3-8(10)7-17)18-12(19)11-2-1-5-20-11/h3-4,6,11H,1-2,5H2,(H,18,19). The van der Waals surface area contributed by atoms with Crippen molar-refractivity contribution in [3.8, 4) is 6.07 Å². The summed E-state index contributed by atoms with van der Waals surface area (Å²) in [7, 11) is 0. The van der Waals surface area contributed by atoms with Crippen molar-refractivity contribution in [2.45, 2.75) is 24.3 Å². The molecule has 0 bridgehead atoms. The third-order valence-electron chi connectivity index (χ3n) is 2.94. The molecule has 0 spiro atoms. The number of benzene rings is 1. The van der Waals surface area contributed by atoms with Gasteiger partial charge in [0.05, 0.1) is 22.4 Å². The Labute approximate surface area is 118 Å². The zero-order chi connectivity index (χ0) is 14.8. The molecule has 20 heavy (non-hydrogen) atoms. The lowest BCUT2D eigenvalue weighted by atomic mass is 10.1. The second-order valence-electron chi connectivity index (χ2n) is 4.36. The molecule has 2 rings (SSSR count). The smallest absolute Gasteiger partial charge is 0.325 e. The van der Waals surface area contributed by atoms with Crippen LogP contribution >= 0.6 is 11.8 Å². The number of nitrogens with zero attached hydrogens (tertiary/aromatic N) is 1. The summed E-state index contributed by atoms with van der Waals surface area (Å²) >= 11 is 1.50. The van der Waals surface area contributed by atoms with Crippen LogP contribution in [-0.2, 0) is 11.0 Å². The molecule has 0 aliphatic carbocycles. The molecule has 1 unspecified atom stereocenters. The van der Waals surface area contributed by atoms with E-state index in [0.717, 1.165) is 30.7 Å². The van der Waals surface area contributed by atoms with Gasteiger partial charge in [0.1, 0.15) is 0 Å². The number of halogens is 3. The minimum Gasteiger partial charge on any atom is -0.325 e. The van der Waals surface area contributed by atoms with E-state index in [0.29, 0.717) is 0 Å². The highest BCUT2D eigenvalue weighted by Gasteiger charge is 2.34. The molecule has 1 aliphatic rings. The molecule has 1 N–H and O–H groups in total. The maximum Gasteiger partial charge on any atom is 0.417 e. The summed E-state index contributed by atoms with van der Waals surface area (Å²) in [5.41, 5.74) is -1.42. The van der Waals surface area contributed by atoms with E-state index >= 15 is 0 Å². The third kappa shape index (κ3) is 3.25. The fourth-order valence-electron chi connectivity index (χ4n) is 1.96. The highest BCUT2D eigenvalue weighted by atomic mass is 32.2. The quantitative estimate of drug-likeness (QED) is 0.910. The van der Waals surface area contributed by atoms with Crippen molar-refractivity contribution in [3.63, 3.8) is 0 Å². The van der Waals surface area contributed by atoms with E-state index in [-0.39, 0.29) is 16.8 Å². The number of anilines is 1. The molecular weight excluding hydrogens is 289 g/mol. The number of rotatable bonds is 2. The second kappa shape index (κ2) is 5.75. The first kappa shape index (κ1) is 14.7. The molecule has 3 nitrogen and oxygen atoms in total. The number of alkyl halides is 3. The molecule has 1 aliphatic heterocycles. The lowest BCUT2D eigenvalue weighted by Crippen LogP contribution is -2.23. The number of hydrogen-bond donors (Lipinski definition) is 1. The number of carbonyl (C=O) groups excluding carboxylic acids is 1. The molecule has 1 heterocycles. The van der Waals surface area contributed by atoms with E-state index in [2.05, 4.69) is 5.32 Å². The minimum absolute atomic E-state index is 0.0637. The van der Waals surface area contributed by atoms with Crippen molar-refractivity contribution in [1.29, 1.82) is 5.26 Å². The number of thioether (sulfide) groups is 1. The summed E-state index contributed by atoms with van der Waals surface area (Å²) in [6, 6.07) is 4.68. The van der Waals surface area contributed by atoms with Gasteiger partial charge in [-0.25, -0.2) is 0 Å². The third-order valence-corrected chi connectivity index (χ3v) is 4.31. The fraction of sp³-hybridized carbons (Fsp3) is 0.385. The van der Waals surface area contributed by atoms with Crippen LogP contribution in [0.2, 0.25) is 0 Å². The van der Waals surface area contributed by atoms with Crippen molar-refractivity contribution < 1.29 is 18.0 Å². The molecule has 7 heteroatoms. The Balaban J connectivity index is 2.21.